The average Bonchev–Trinajstić information content (AvgIpc) is 2.91. The van der Waals surface area contributed by atoms with Crippen molar-refractivity contribution in [3.63, 3.8) is 0 Å². The molecule has 0 aliphatic heterocycles. The third kappa shape index (κ3) is 5.60. The summed E-state index contributed by atoms with van der Waals surface area (Å²) in [5, 5.41) is 3.59. The van der Waals surface area contributed by atoms with Gasteiger partial charge >= 0.3 is 0 Å². The van der Waals surface area contributed by atoms with E-state index < -0.39 is 0 Å². The highest BCUT2D eigenvalue weighted by Gasteiger charge is 2.11. The molecule has 0 fully saturated rings. The summed E-state index contributed by atoms with van der Waals surface area (Å²) in [5.41, 5.74) is 4.62. The molecular formula is C18H26N2S. The summed E-state index contributed by atoms with van der Waals surface area (Å²) in [5.74, 6) is 0.695. The van der Waals surface area contributed by atoms with E-state index in [2.05, 4.69) is 54.5 Å². The molecule has 0 amide bonds. The predicted octanol–water partition coefficient (Wildman–Crippen LogP) is 4.24. The lowest BCUT2D eigenvalue weighted by molar-refractivity contribution is 0.444. The summed E-state index contributed by atoms with van der Waals surface area (Å²) >= 11 is 1.79. The molecule has 1 atom stereocenters. The second-order valence-corrected chi connectivity index (χ2v) is 6.60. The molecule has 1 heterocycles. The van der Waals surface area contributed by atoms with Crippen LogP contribution in [0, 0.1) is 12.8 Å². The molecule has 1 aromatic heterocycles. The third-order valence-electron chi connectivity index (χ3n) is 3.85. The Hall–Kier alpha value is -1.19. The Bertz CT molecular complexity index is 507. The molecule has 0 saturated heterocycles. The summed E-state index contributed by atoms with van der Waals surface area (Å²) < 4.78 is 0. The fourth-order valence-electron chi connectivity index (χ4n) is 2.61. The van der Waals surface area contributed by atoms with Gasteiger partial charge in [0.2, 0.25) is 0 Å². The Labute approximate surface area is 132 Å². The zero-order valence-electron chi connectivity index (χ0n) is 13.1. The highest BCUT2D eigenvalue weighted by atomic mass is 32.1. The molecular weight excluding hydrogens is 276 g/mol. The summed E-state index contributed by atoms with van der Waals surface area (Å²) in [6.45, 7) is 6.57. The molecule has 0 spiro atoms. The van der Waals surface area contributed by atoms with Gasteiger partial charge < -0.3 is 5.32 Å². The van der Waals surface area contributed by atoms with Gasteiger partial charge in [-0.1, -0.05) is 37.3 Å². The van der Waals surface area contributed by atoms with Crippen molar-refractivity contribution in [2.75, 3.05) is 13.1 Å². The number of aryl methyl sites for hydroxylation is 2. The first-order chi connectivity index (χ1) is 10.3. The van der Waals surface area contributed by atoms with Crippen LogP contribution in [0.3, 0.4) is 0 Å². The average molecular weight is 302 g/mol. The fourth-order valence-corrected chi connectivity index (χ4v) is 3.41. The largest absolute Gasteiger partial charge is 0.316 e. The van der Waals surface area contributed by atoms with E-state index in [1.54, 1.807) is 11.3 Å². The first-order valence-corrected chi connectivity index (χ1v) is 8.81. The number of nitrogens with one attached hydrogen (secondary N) is 1. The number of aromatic nitrogens is 1. The smallest absolute Gasteiger partial charge is 0.0797 e. The van der Waals surface area contributed by atoms with Crippen LogP contribution in [-0.2, 0) is 12.8 Å². The van der Waals surface area contributed by atoms with Gasteiger partial charge in [-0.2, -0.15) is 0 Å². The molecule has 114 valence electrons. The first kappa shape index (κ1) is 16.2. The number of benzene rings is 1. The number of hydrogen-bond donors (Lipinski definition) is 1. The number of thiazole rings is 1. The van der Waals surface area contributed by atoms with E-state index >= 15 is 0 Å². The van der Waals surface area contributed by atoms with Gasteiger partial charge in [0.15, 0.2) is 0 Å². The van der Waals surface area contributed by atoms with Gasteiger partial charge in [0.05, 0.1) is 11.2 Å². The molecule has 0 bridgehead atoms. The summed E-state index contributed by atoms with van der Waals surface area (Å²) in [4.78, 5) is 5.80. The van der Waals surface area contributed by atoms with E-state index in [-0.39, 0.29) is 0 Å². The van der Waals surface area contributed by atoms with Crippen LogP contribution in [-0.4, -0.2) is 18.1 Å². The number of hydrogen-bond acceptors (Lipinski definition) is 3. The van der Waals surface area contributed by atoms with E-state index in [1.807, 2.05) is 5.51 Å². The Kier molecular flexibility index (Phi) is 6.90. The van der Waals surface area contributed by atoms with Gasteiger partial charge in [-0.25, -0.2) is 4.98 Å². The molecule has 2 aromatic rings. The maximum Gasteiger partial charge on any atom is 0.0797 e. The lowest BCUT2D eigenvalue weighted by Gasteiger charge is -2.17. The van der Waals surface area contributed by atoms with Crippen molar-refractivity contribution >= 4 is 11.3 Å². The van der Waals surface area contributed by atoms with Gasteiger partial charge in [0.25, 0.3) is 0 Å². The normalized spacial score (nSPS) is 12.5. The zero-order chi connectivity index (χ0) is 14.9. The lowest BCUT2D eigenvalue weighted by Crippen LogP contribution is -2.25. The van der Waals surface area contributed by atoms with Crippen LogP contribution in [0.1, 0.15) is 35.9 Å². The topological polar surface area (TPSA) is 24.9 Å². The van der Waals surface area contributed by atoms with E-state index in [4.69, 9.17) is 0 Å². The molecule has 2 nitrogen and oxygen atoms in total. The quantitative estimate of drug-likeness (QED) is 0.701. The Morgan fingerprint density at radius 3 is 2.71 bits per heavy atom. The van der Waals surface area contributed by atoms with Gasteiger partial charge in [-0.3, -0.25) is 0 Å². The number of nitrogens with zero attached hydrogens (tertiary/aromatic N) is 1. The van der Waals surface area contributed by atoms with Gasteiger partial charge in [0.1, 0.15) is 0 Å². The molecule has 0 aliphatic rings. The summed E-state index contributed by atoms with van der Waals surface area (Å²) in [7, 11) is 0. The monoisotopic (exact) mass is 302 g/mol. The second kappa shape index (κ2) is 8.96. The van der Waals surface area contributed by atoms with E-state index in [9.17, 15) is 0 Å². The van der Waals surface area contributed by atoms with Crippen LogP contribution in [0.15, 0.2) is 35.8 Å². The second-order valence-electron chi connectivity index (χ2n) is 5.66. The summed E-state index contributed by atoms with van der Waals surface area (Å²) in [6.07, 6.45) is 4.75. The number of rotatable bonds is 9. The molecule has 0 radical (unpaired) electrons. The van der Waals surface area contributed by atoms with Gasteiger partial charge in [-0.15, -0.1) is 11.3 Å². The van der Waals surface area contributed by atoms with Crippen molar-refractivity contribution in [3.8, 4) is 0 Å². The van der Waals surface area contributed by atoms with Crippen LogP contribution in [0.5, 0.6) is 0 Å². The van der Waals surface area contributed by atoms with E-state index in [1.165, 1.54) is 29.0 Å². The molecule has 1 N–H and O–H groups in total. The Morgan fingerprint density at radius 1 is 1.24 bits per heavy atom. The van der Waals surface area contributed by atoms with Crippen molar-refractivity contribution < 1.29 is 0 Å². The van der Waals surface area contributed by atoms with Crippen LogP contribution < -0.4 is 5.32 Å². The highest BCUT2D eigenvalue weighted by molar-refractivity contribution is 7.09. The molecule has 3 heteroatoms. The fraction of sp³-hybridized carbons (Fsp3) is 0.500. The van der Waals surface area contributed by atoms with Crippen LogP contribution in [0.4, 0.5) is 0 Å². The van der Waals surface area contributed by atoms with Crippen LogP contribution in [0.2, 0.25) is 0 Å². The molecule has 2 rings (SSSR count). The SMILES string of the molecule is CCCNCC(CCc1scnc1C)Cc1ccccc1. The lowest BCUT2D eigenvalue weighted by atomic mass is 9.94. The van der Waals surface area contributed by atoms with Crippen molar-refractivity contribution in [1.29, 1.82) is 0 Å². The standard InChI is InChI=1S/C18H26N2S/c1-3-11-19-13-17(12-16-7-5-4-6-8-16)9-10-18-15(2)20-14-21-18/h4-8,14,17,19H,3,9-13H2,1-2H3. The van der Waals surface area contributed by atoms with Crippen molar-refractivity contribution in [1.82, 2.24) is 10.3 Å². The third-order valence-corrected chi connectivity index (χ3v) is 4.85. The molecule has 21 heavy (non-hydrogen) atoms. The van der Waals surface area contributed by atoms with Crippen molar-refractivity contribution in [2.45, 2.75) is 39.5 Å². The minimum Gasteiger partial charge on any atom is -0.316 e. The molecule has 1 aromatic carbocycles. The summed E-state index contributed by atoms with van der Waals surface area (Å²) in [6, 6.07) is 10.8. The first-order valence-electron chi connectivity index (χ1n) is 7.93. The minimum absolute atomic E-state index is 0.695. The zero-order valence-corrected chi connectivity index (χ0v) is 14.0. The van der Waals surface area contributed by atoms with Crippen LogP contribution in [0.25, 0.3) is 0 Å². The minimum atomic E-state index is 0.695. The van der Waals surface area contributed by atoms with Crippen molar-refractivity contribution in [2.24, 2.45) is 5.92 Å². The molecule has 0 saturated carbocycles. The Balaban J connectivity index is 1.90. The van der Waals surface area contributed by atoms with Crippen LogP contribution >= 0.6 is 11.3 Å². The highest BCUT2D eigenvalue weighted by Crippen LogP contribution is 2.19. The Morgan fingerprint density at radius 2 is 2.05 bits per heavy atom. The molecule has 1 unspecified atom stereocenters. The maximum absolute atomic E-state index is 4.36. The van der Waals surface area contributed by atoms with Gasteiger partial charge in [-0.05, 0) is 57.2 Å². The van der Waals surface area contributed by atoms with Gasteiger partial charge in [0, 0.05) is 4.88 Å². The predicted molar refractivity (Wildman–Crippen MR) is 92.0 cm³/mol. The van der Waals surface area contributed by atoms with Crippen molar-refractivity contribution in [3.05, 3.63) is 52.0 Å². The van der Waals surface area contributed by atoms with E-state index in [0.717, 1.165) is 25.9 Å². The maximum atomic E-state index is 4.36. The molecule has 0 aliphatic carbocycles. The van der Waals surface area contributed by atoms with E-state index in [0.29, 0.717) is 5.92 Å².